The molecule has 7 nitrogen and oxygen atoms in total. The van der Waals surface area contributed by atoms with Crippen molar-refractivity contribution in [3.63, 3.8) is 0 Å². The van der Waals surface area contributed by atoms with Crippen molar-refractivity contribution < 1.29 is 19.1 Å². The summed E-state index contributed by atoms with van der Waals surface area (Å²) in [6.07, 6.45) is 3.85. The van der Waals surface area contributed by atoms with E-state index < -0.39 is 17.8 Å². The van der Waals surface area contributed by atoms with Gasteiger partial charge in [-0.3, -0.25) is 14.9 Å². The number of aromatic nitrogens is 1. The van der Waals surface area contributed by atoms with Gasteiger partial charge in [0.25, 0.3) is 11.8 Å². The third-order valence-electron chi connectivity index (χ3n) is 5.15. The van der Waals surface area contributed by atoms with Crippen LogP contribution in [0, 0.1) is 13.8 Å². The van der Waals surface area contributed by atoms with Gasteiger partial charge in [0.1, 0.15) is 11.3 Å². The molecular formula is C21H21N3O4. The Hall–Kier alpha value is -3.35. The van der Waals surface area contributed by atoms with Crippen LogP contribution in [0.5, 0.6) is 5.75 Å². The summed E-state index contributed by atoms with van der Waals surface area (Å²) < 4.78 is 7.40. The fraction of sp³-hybridized carbons (Fsp3) is 0.286. The number of hydrogen-bond donors (Lipinski definition) is 1. The second kappa shape index (κ2) is 6.67. The molecule has 0 radical (unpaired) electrons. The second-order valence-corrected chi connectivity index (χ2v) is 7.09. The summed E-state index contributed by atoms with van der Waals surface area (Å²) in [6.45, 7) is 4.00. The molecule has 1 saturated heterocycles. The Morgan fingerprint density at radius 2 is 1.89 bits per heavy atom. The van der Waals surface area contributed by atoms with Crippen molar-refractivity contribution in [2.24, 2.45) is 0 Å². The lowest BCUT2D eigenvalue weighted by atomic mass is 10.1. The van der Waals surface area contributed by atoms with Crippen LogP contribution in [-0.4, -0.2) is 29.5 Å². The molecule has 2 fully saturated rings. The number of urea groups is 1. The molecule has 1 saturated carbocycles. The standard InChI is InChI=1S/C21H21N3O4/c1-12-9-14(13(2)23(12)15-7-8-15)10-18-19(25)22-21(27)24(20(18)26)16-5-4-6-17(11-16)28-3/h4-6,9-11,15H,7-8H2,1-3H3,(H,22,25,27)/b18-10+. The van der Waals surface area contributed by atoms with E-state index in [0.29, 0.717) is 17.5 Å². The summed E-state index contributed by atoms with van der Waals surface area (Å²) in [5, 5.41) is 2.25. The van der Waals surface area contributed by atoms with Gasteiger partial charge in [-0.2, -0.15) is 0 Å². The Balaban J connectivity index is 1.74. The molecule has 144 valence electrons. The van der Waals surface area contributed by atoms with E-state index in [0.717, 1.165) is 34.7 Å². The number of imide groups is 2. The van der Waals surface area contributed by atoms with Crippen LogP contribution in [0.15, 0.2) is 35.9 Å². The normalized spacial score (nSPS) is 18.6. The van der Waals surface area contributed by atoms with Gasteiger partial charge in [0.15, 0.2) is 0 Å². The van der Waals surface area contributed by atoms with Crippen molar-refractivity contribution in [1.82, 2.24) is 9.88 Å². The topological polar surface area (TPSA) is 80.6 Å². The van der Waals surface area contributed by atoms with Crippen LogP contribution in [0.2, 0.25) is 0 Å². The van der Waals surface area contributed by atoms with Gasteiger partial charge in [-0.1, -0.05) is 6.07 Å². The molecule has 4 amide bonds. The van der Waals surface area contributed by atoms with Crippen molar-refractivity contribution in [2.45, 2.75) is 32.7 Å². The average Bonchev–Trinajstić information content (AvgIpc) is 3.44. The zero-order valence-corrected chi connectivity index (χ0v) is 16.0. The minimum absolute atomic E-state index is 0.0709. The third kappa shape index (κ3) is 2.98. The number of amides is 4. The predicted molar refractivity (Wildman–Crippen MR) is 104 cm³/mol. The lowest BCUT2D eigenvalue weighted by Crippen LogP contribution is -2.54. The molecule has 2 aromatic rings. The number of carbonyl (C=O) groups is 3. The van der Waals surface area contributed by atoms with Crippen molar-refractivity contribution in [1.29, 1.82) is 0 Å². The van der Waals surface area contributed by atoms with Crippen LogP contribution in [0.25, 0.3) is 6.08 Å². The third-order valence-corrected chi connectivity index (χ3v) is 5.15. The summed E-state index contributed by atoms with van der Waals surface area (Å²) >= 11 is 0. The van der Waals surface area contributed by atoms with Gasteiger partial charge < -0.3 is 9.30 Å². The van der Waals surface area contributed by atoms with E-state index in [-0.39, 0.29) is 5.57 Å². The summed E-state index contributed by atoms with van der Waals surface area (Å²) in [6, 6.07) is 8.27. The van der Waals surface area contributed by atoms with E-state index in [9.17, 15) is 14.4 Å². The molecule has 1 aliphatic carbocycles. The first-order chi connectivity index (χ1) is 13.4. The van der Waals surface area contributed by atoms with Crippen LogP contribution < -0.4 is 15.0 Å². The first-order valence-electron chi connectivity index (χ1n) is 9.14. The first kappa shape index (κ1) is 18.0. The first-order valence-corrected chi connectivity index (χ1v) is 9.14. The van der Waals surface area contributed by atoms with E-state index in [2.05, 4.69) is 9.88 Å². The Kier molecular flexibility index (Phi) is 4.30. The number of ether oxygens (including phenoxy) is 1. The second-order valence-electron chi connectivity index (χ2n) is 7.09. The van der Waals surface area contributed by atoms with Crippen LogP contribution in [-0.2, 0) is 9.59 Å². The molecule has 7 heteroatoms. The van der Waals surface area contributed by atoms with Crippen molar-refractivity contribution in [3.8, 4) is 5.75 Å². The predicted octanol–water partition coefficient (Wildman–Crippen LogP) is 3.11. The summed E-state index contributed by atoms with van der Waals surface area (Å²) in [4.78, 5) is 38.7. The smallest absolute Gasteiger partial charge is 0.335 e. The van der Waals surface area contributed by atoms with E-state index in [1.54, 1.807) is 30.3 Å². The molecule has 0 bridgehead atoms. The number of carbonyl (C=O) groups excluding carboxylic acids is 3. The molecule has 2 aliphatic rings. The fourth-order valence-electron chi connectivity index (χ4n) is 3.64. The maximum absolute atomic E-state index is 13.0. The van der Waals surface area contributed by atoms with E-state index >= 15 is 0 Å². The number of methoxy groups -OCH3 is 1. The van der Waals surface area contributed by atoms with Gasteiger partial charge >= 0.3 is 6.03 Å². The molecule has 4 rings (SSSR count). The molecule has 0 atom stereocenters. The van der Waals surface area contributed by atoms with Crippen LogP contribution in [0.4, 0.5) is 10.5 Å². The monoisotopic (exact) mass is 379 g/mol. The highest BCUT2D eigenvalue weighted by atomic mass is 16.5. The number of nitrogens with zero attached hydrogens (tertiary/aromatic N) is 2. The number of nitrogens with one attached hydrogen (secondary N) is 1. The van der Waals surface area contributed by atoms with E-state index in [1.165, 1.54) is 7.11 Å². The number of barbiturate groups is 1. The van der Waals surface area contributed by atoms with Gasteiger partial charge in [-0.25, -0.2) is 9.69 Å². The molecule has 2 heterocycles. The van der Waals surface area contributed by atoms with Crippen LogP contribution in [0.3, 0.4) is 0 Å². The molecule has 0 spiro atoms. The minimum Gasteiger partial charge on any atom is -0.497 e. The maximum Gasteiger partial charge on any atom is 0.335 e. The largest absolute Gasteiger partial charge is 0.497 e. The molecule has 28 heavy (non-hydrogen) atoms. The van der Waals surface area contributed by atoms with Gasteiger partial charge in [0.05, 0.1) is 12.8 Å². The number of benzene rings is 1. The van der Waals surface area contributed by atoms with Gasteiger partial charge in [-0.05, 0) is 56.5 Å². The molecule has 1 N–H and O–H groups in total. The van der Waals surface area contributed by atoms with Crippen LogP contribution in [0.1, 0.15) is 35.8 Å². The SMILES string of the molecule is COc1cccc(N2C(=O)NC(=O)/C(=C\c3cc(C)n(C4CC4)c3C)C2=O)c1. The van der Waals surface area contributed by atoms with E-state index in [4.69, 9.17) is 4.74 Å². The Bertz CT molecular complexity index is 1030. The highest BCUT2D eigenvalue weighted by molar-refractivity contribution is 6.39. The average molecular weight is 379 g/mol. The minimum atomic E-state index is -0.774. The molecular weight excluding hydrogens is 358 g/mol. The number of anilines is 1. The van der Waals surface area contributed by atoms with Gasteiger partial charge in [0, 0.05) is 23.5 Å². The highest BCUT2D eigenvalue weighted by Crippen LogP contribution is 2.38. The van der Waals surface area contributed by atoms with E-state index in [1.807, 2.05) is 19.9 Å². The number of hydrogen-bond acceptors (Lipinski definition) is 4. The Morgan fingerprint density at radius 3 is 2.57 bits per heavy atom. The fourth-order valence-corrected chi connectivity index (χ4v) is 3.64. The quantitative estimate of drug-likeness (QED) is 0.654. The van der Waals surface area contributed by atoms with Crippen molar-refractivity contribution in [2.75, 3.05) is 12.0 Å². The Morgan fingerprint density at radius 1 is 1.14 bits per heavy atom. The lowest BCUT2D eigenvalue weighted by molar-refractivity contribution is -0.122. The van der Waals surface area contributed by atoms with Crippen molar-refractivity contribution in [3.05, 3.63) is 52.9 Å². The number of aryl methyl sites for hydroxylation is 1. The van der Waals surface area contributed by atoms with Crippen molar-refractivity contribution >= 4 is 29.6 Å². The number of rotatable bonds is 4. The maximum atomic E-state index is 13.0. The zero-order valence-electron chi connectivity index (χ0n) is 16.0. The van der Waals surface area contributed by atoms with Crippen LogP contribution >= 0.6 is 0 Å². The summed E-state index contributed by atoms with van der Waals surface area (Å²) in [7, 11) is 1.50. The molecule has 0 unspecified atom stereocenters. The van der Waals surface area contributed by atoms with Gasteiger partial charge in [0.2, 0.25) is 0 Å². The molecule has 1 aromatic heterocycles. The summed E-state index contributed by atoms with van der Waals surface area (Å²) in [5.74, 6) is -0.836. The summed E-state index contributed by atoms with van der Waals surface area (Å²) in [5.41, 5.74) is 3.18. The highest BCUT2D eigenvalue weighted by Gasteiger charge is 2.37. The van der Waals surface area contributed by atoms with Gasteiger partial charge in [-0.15, -0.1) is 0 Å². The Labute approximate surface area is 162 Å². The zero-order chi connectivity index (χ0) is 20.0. The molecule has 1 aliphatic heterocycles. The lowest BCUT2D eigenvalue weighted by Gasteiger charge is -2.26. The molecule has 1 aromatic carbocycles.